The molecule has 0 fully saturated rings. The van der Waals surface area contributed by atoms with E-state index in [1.807, 2.05) is 6.07 Å². The average molecular weight is 208 g/mol. The van der Waals surface area contributed by atoms with Crippen LogP contribution in [0.15, 0.2) is 12.4 Å². The standard InChI is InChI=1S/C11H20N4/c1-4-9(3)7-15(5-2)11-6-10(12)13-8-14-11/h6,8-9H,4-5,7H2,1-3H3,(H2,12,13,14). The van der Waals surface area contributed by atoms with Gasteiger partial charge in [-0.3, -0.25) is 0 Å². The van der Waals surface area contributed by atoms with E-state index in [4.69, 9.17) is 5.73 Å². The molecule has 0 radical (unpaired) electrons. The Morgan fingerprint density at radius 2 is 2.13 bits per heavy atom. The molecule has 15 heavy (non-hydrogen) atoms. The fraction of sp³-hybridized carbons (Fsp3) is 0.636. The van der Waals surface area contributed by atoms with Crippen LogP contribution in [-0.2, 0) is 0 Å². The van der Waals surface area contributed by atoms with Crippen molar-refractivity contribution in [2.75, 3.05) is 23.7 Å². The van der Waals surface area contributed by atoms with Crippen LogP contribution in [0.4, 0.5) is 11.6 Å². The Bertz CT molecular complexity index is 300. The van der Waals surface area contributed by atoms with E-state index in [1.54, 1.807) is 0 Å². The second-order valence-electron chi connectivity index (χ2n) is 3.85. The number of rotatable bonds is 5. The van der Waals surface area contributed by atoms with Crippen LogP contribution in [-0.4, -0.2) is 23.1 Å². The summed E-state index contributed by atoms with van der Waals surface area (Å²) in [6.07, 6.45) is 2.70. The highest BCUT2D eigenvalue weighted by Gasteiger charge is 2.09. The second kappa shape index (κ2) is 5.53. The lowest BCUT2D eigenvalue weighted by molar-refractivity contribution is 0.545. The van der Waals surface area contributed by atoms with Gasteiger partial charge in [-0.05, 0) is 12.8 Å². The van der Waals surface area contributed by atoms with Gasteiger partial charge in [-0.15, -0.1) is 0 Å². The van der Waals surface area contributed by atoms with E-state index in [0.29, 0.717) is 11.7 Å². The summed E-state index contributed by atoms with van der Waals surface area (Å²) < 4.78 is 0. The molecule has 4 heteroatoms. The van der Waals surface area contributed by atoms with E-state index in [1.165, 1.54) is 12.7 Å². The van der Waals surface area contributed by atoms with Gasteiger partial charge in [0.1, 0.15) is 18.0 Å². The molecule has 0 aromatic carbocycles. The Morgan fingerprint density at radius 3 is 2.67 bits per heavy atom. The summed E-state index contributed by atoms with van der Waals surface area (Å²) in [7, 11) is 0. The minimum atomic E-state index is 0.530. The zero-order valence-electron chi connectivity index (χ0n) is 9.77. The minimum Gasteiger partial charge on any atom is -0.384 e. The third kappa shape index (κ3) is 3.38. The Balaban J connectivity index is 2.73. The lowest BCUT2D eigenvalue weighted by Gasteiger charge is -2.24. The van der Waals surface area contributed by atoms with Crippen molar-refractivity contribution in [1.29, 1.82) is 0 Å². The molecule has 1 aromatic heterocycles. The molecular weight excluding hydrogens is 188 g/mol. The average Bonchev–Trinajstić information content (AvgIpc) is 2.25. The van der Waals surface area contributed by atoms with E-state index >= 15 is 0 Å². The zero-order valence-corrected chi connectivity index (χ0v) is 9.77. The number of nitrogen functional groups attached to an aromatic ring is 1. The van der Waals surface area contributed by atoms with Gasteiger partial charge in [-0.25, -0.2) is 9.97 Å². The number of anilines is 2. The molecule has 0 bridgehead atoms. The second-order valence-corrected chi connectivity index (χ2v) is 3.85. The molecule has 0 saturated heterocycles. The highest BCUT2D eigenvalue weighted by molar-refractivity contribution is 5.45. The highest BCUT2D eigenvalue weighted by atomic mass is 15.2. The van der Waals surface area contributed by atoms with Crippen LogP contribution in [0.25, 0.3) is 0 Å². The molecule has 0 saturated carbocycles. The molecule has 0 amide bonds. The van der Waals surface area contributed by atoms with Gasteiger partial charge in [0.15, 0.2) is 0 Å². The van der Waals surface area contributed by atoms with Gasteiger partial charge in [0.2, 0.25) is 0 Å². The van der Waals surface area contributed by atoms with E-state index in [0.717, 1.165) is 18.9 Å². The summed E-state index contributed by atoms with van der Waals surface area (Å²) in [5, 5.41) is 0. The van der Waals surface area contributed by atoms with Gasteiger partial charge in [-0.1, -0.05) is 20.3 Å². The minimum absolute atomic E-state index is 0.530. The van der Waals surface area contributed by atoms with Crippen LogP contribution in [0.1, 0.15) is 27.2 Å². The maximum Gasteiger partial charge on any atom is 0.134 e. The highest BCUT2D eigenvalue weighted by Crippen LogP contribution is 2.14. The third-order valence-electron chi connectivity index (χ3n) is 2.61. The maximum atomic E-state index is 5.64. The Kier molecular flexibility index (Phi) is 4.34. The molecule has 1 heterocycles. The summed E-state index contributed by atoms with van der Waals surface area (Å²) in [5.41, 5.74) is 5.64. The maximum absolute atomic E-state index is 5.64. The van der Waals surface area contributed by atoms with Crippen LogP contribution >= 0.6 is 0 Å². The normalized spacial score (nSPS) is 12.5. The Morgan fingerprint density at radius 1 is 1.40 bits per heavy atom. The number of hydrogen-bond donors (Lipinski definition) is 1. The predicted molar refractivity (Wildman–Crippen MR) is 63.8 cm³/mol. The van der Waals surface area contributed by atoms with Gasteiger partial charge in [0.25, 0.3) is 0 Å². The SMILES string of the molecule is CCC(C)CN(CC)c1cc(N)ncn1. The van der Waals surface area contributed by atoms with E-state index in [2.05, 4.69) is 35.6 Å². The molecule has 1 unspecified atom stereocenters. The van der Waals surface area contributed by atoms with Crippen LogP contribution in [0.2, 0.25) is 0 Å². The summed E-state index contributed by atoms with van der Waals surface area (Å²) in [4.78, 5) is 10.4. The van der Waals surface area contributed by atoms with Crippen molar-refractivity contribution >= 4 is 11.6 Å². The predicted octanol–water partition coefficient (Wildman–Crippen LogP) is 1.93. The Hall–Kier alpha value is -1.32. The molecule has 1 rings (SSSR count). The van der Waals surface area contributed by atoms with Crippen LogP contribution in [0.3, 0.4) is 0 Å². The molecule has 84 valence electrons. The molecule has 1 aromatic rings. The largest absolute Gasteiger partial charge is 0.384 e. The van der Waals surface area contributed by atoms with Gasteiger partial charge in [0, 0.05) is 19.2 Å². The first-order valence-corrected chi connectivity index (χ1v) is 5.49. The molecule has 0 aliphatic carbocycles. The van der Waals surface area contributed by atoms with Gasteiger partial charge in [-0.2, -0.15) is 0 Å². The molecule has 0 aliphatic rings. The lowest BCUT2D eigenvalue weighted by atomic mass is 10.1. The summed E-state index contributed by atoms with van der Waals surface area (Å²) >= 11 is 0. The number of nitrogens with zero attached hydrogens (tertiary/aromatic N) is 3. The van der Waals surface area contributed by atoms with Crippen molar-refractivity contribution in [3.8, 4) is 0 Å². The first-order chi connectivity index (χ1) is 7.17. The van der Waals surface area contributed by atoms with E-state index in [9.17, 15) is 0 Å². The molecule has 2 N–H and O–H groups in total. The molecular formula is C11H20N4. The fourth-order valence-corrected chi connectivity index (χ4v) is 1.42. The number of hydrogen-bond acceptors (Lipinski definition) is 4. The van der Waals surface area contributed by atoms with Crippen molar-refractivity contribution in [1.82, 2.24) is 9.97 Å². The fourth-order valence-electron chi connectivity index (χ4n) is 1.42. The summed E-state index contributed by atoms with van der Waals surface area (Å²) in [6.45, 7) is 8.53. The first kappa shape index (κ1) is 11.8. The van der Waals surface area contributed by atoms with Gasteiger partial charge in [0.05, 0.1) is 0 Å². The molecule has 4 nitrogen and oxygen atoms in total. The molecule has 0 aliphatic heterocycles. The first-order valence-electron chi connectivity index (χ1n) is 5.49. The van der Waals surface area contributed by atoms with Crippen LogP contribution in [0, 0.1) is 5.92 Å². The topological polar surface area (TPSA) is 55.0 Å². The van der Waals surface area contributed by atoms with Gasteiger partial charge < -0.3 is 10.6 Å². The number of nitrogens with two attached hydrogens (primary N) is 1. The van der Waals surface area contributed by atoms with Crippen LogP contribution < -0.4 is 10.6 Å². The molecule has 0 spiro atoms. The van der Waals surface area contributed by atoms with Crippen molar-refractivity contribution in [2.45, 2.75) is 27.2 Å². The smallest absolute Gasteiger partial charge is 0.134 e. The zero-order chi connectivity index (χ0) is 11.3. The Labute approximate surface area is 91.5 Å². The summed E-state index contributed by atoms with van der Waals surface area (Å²) in [5.74, 6) is 2.12. The van der Waals surface area contributed by atoms with Crippen molar-refractivity contribution in [3.63, 3.8) is 0 Å². The lowest BCUT2D eigenvalue weighted by Crippen LogP contribution is -2.28. The third-order valence-corrected chi connectivity index (χ3v) is 2.61. The van der Waals surface area contributed by atoms with Crippen molar-refractivity contribution < 1.29 is 0 Å². The van der Waals surface area contributed by atoms with Gasteiger partial charge >= 0.3 is 0 Å². The monoisotopic (exact) mass is 208 g/mol. The van der Waals surface area contributed by atoms with Crippen molar-refractivity contribution in [2.24, 2.45) is 5.92 Å². The summed E-state index contributed by atoms with van der Waals surface area (Å²) in [6, 6.07) is 1.83. The van der Waals surface area contributed by atoms with E-state index < -0.39 is 0 Å². The van der Waals surface area contributed by atoms with Crippen LogP contribution in [0.5, 0.6) is 0 Å². The molecule has 1 atom stereocenters. The van der Waals surface area contributed by atoms with E-state index in [-0.39, 0.29) is 0 Å². The van der Waals surface area contributed by atoms with Crippen molar-refractivity contribution in [3.05, 3.63) is 12.4 Å². The number of aromatic nitrogens is 2. The quantitative estimate of drug-likeness (QED) is 0.803.